The maximum Gasteiger partial charge on any atom is 0.128 e. The van der Waals surface area contributed by atoms with Gasteiger partial charge in [0.05, 0.1) is 6.04 Å². The molecule has 3 heteroatoms. The molecule has 1 saturated heterocycles. The summed E-state index contributed by atoms with van der Waals surface area (Å²) >= 11 is 0. The summed E-state index contributed by atoms with van der Waals surface area (Å²) in [6.07, 6.45) is 7.90. The maximum absolute atomic E-state index is 14.1. The number of hydrogen-bond donors (Lipinski definition) is 1. The van der Waals surface area contributed by atoms with Crippen molar-refractivity contribution in [2.24, 2.45) is 11.7 Å². The zero-order valence-electron chi connectivity index (χ0n) is 12.1. The van der Waals surface area contributed by atoms with Crippen LogP contribution in [0.15, 0.2) is 24.3 Å². The number of nitrogens with two attached hydrogens (primary N) is 1. The van der Waals surface area contributed by atoms with Gasteiger partial charge in [-0.05, 0) is 44.2 Å². The Morgan fingerprint density at radius 3 is 2.60 bits per heavy atom. The van der Waals surface area contributed by atoms with Gasteiger partial charge in [0.1, 0.15) is 5.82 Å². The quantitative estimate of drug-likeness (QED) is 0.912. The molecule has 1 aromatic carbocycles. The first-order valence-electron chi connectivity index (χ1n) is 8.01. The van der Waals surface area contributed by atoms with Gasteiger partial charge in [0, 0.05) is 18.2 Å². The summed E-state index contributed by atoms with van der Waals surface area (Å²) in [5.74, 6) is 0.693. The van der Waals surface area contributed by atoms with Gasteiger partial charge >= 0.3 is 0 Å². The van der Waals surface area contributed by atoms with Crippen LogP contribution in [0.1, 0.15) is 50.1 Å². The third-order valence-corrected chi connectivity index (χ3v) is 5.17. The van der Waals surface area contributed by atoms with E-state index in [0.29, 0.717) is 12.6 Å². The Kier molecular flexibility index (Phi) is 4.37. The van der Waals surface area contributed by atoms with Crippen LogP contribution in [-0.4, -0.2) is 24.0 Å². The molecule has 2 unspecified atom stereocenters. The second-order valence-electron chi connectivity index (χ2n) is 6.26. The van der Waals surface area contributed by atoms with Crippen molar-refractivity contribution in [2.75, 3.05) is 13.1 Å². The highest BCUT2D eigenvalue weighted by Gasteiger charge is 2.37. The van der Waals surface area contributed by atoms with Gasteiger partial charge in [-0.3, -0.25) is 4.90 Å². The van der Waals surface area contributed by atoms with Crippen molar-refractivity contribution in [1.82, 2.24) is 4.90 Å². The molecule has 3 rings (SSSR count). The first kappa shape index (κ1) is 14.0. The maximum atomic E-state index is 14.1. The van der Waals surface area contributed by atoms with Crippen LogP contribution in [0.4, 0.5) is 4.39 Å². The molecule has 2 aliphatic rings. The second kappa shape index (κ2) is 6.23. The number of nitrogens with zero attached hydrogens (tertiary/aromatic N) is 1. The van der Waals surface area contributed by atoms with E-state index >= 15 is 0 Å². The Morgan fingerprint density at radius 1 is 1.15 bits per heavy atom. The van der Waals surface area contributed by atoms with E-state index in [1.807, 2.05) is 12.1 Å². The molecule has 1 aliphatic heterocycles. The van der Waals surface area contributed by atoms with Crippen LogP contribution in [0.3, 0.4) is 0 Å². The first-order chi connectivity index (χ1) is 9.81. The minimum Gasteiger partial charge on any atom is -0.329 e. The smallest absolute Gasteiger partial charge is 0.128 e. The molecule has 0 amide bonds. The summed E-state index contributed by atoms with van der Waals surface area (Å²) in [5.41, 5.74) is 6.78. The molecular weight excluding hydrogens is 251 g/mol. The molecule has 20 heavy (non-hydrogen) atoms. The summed E-state index contributed by atoms with van der Waals surface area (Å²) < 4.78 is 14.1. The monoisotopic (exact) mass is 276 g/mol. The number of hydrogen-bond acceptors (Lipinski definition) is 2. The Balaban J connectivity index is 1.82. The minimum absolute atomic E-state index is 0.0456. The molecule has 0 aromatic heterocycles. The van der Waals surface area contributed by atoms with E-state index in [0.717, 1.165) is 18.0 Å². The van der Waals surface area contributed by atoms with E-state index < -0.39 is 0 Å². The molecule has 1 aliphatic carbocycles. The molecule has 0 spiro atoms. The predicted octanol–water partition coefficient (Wildman–Crippen LogP) is 3.48. The summed E-state index contributed by atoms with van der Waals surface area (Å²) in [6.45, 7) is 1.57. The fourth-order valence-corrected chi connectivity index (χ4v) is 4.24. The van der Waals surface area contributed by atoms with Crippen LogP contribution < -0.4 is 5.73 Å². The fraction of sp³-hybridized carbons (Fsp3) is 0.647. The normalized spacial score (nSPS) is 26.2. The third kappa shape index (κ3) is 2.61. The van der Waals surface area contributed by atoms with Gasteiger partial charge in [-0.1, -0.05) is 31.0 Å². The highest BCUT2D eigenvalue weighted by Crippen LogP contribution is 2.39. The summed E-state index contributed by atoms with van der Waals surface area (Å²) in [6, 6.07) is 7.79. The van der Waals surface area contributed by atoms with Crippen molar-refractivity contribution in [2.45, 2.75) is 50.6 Å². The first-order valence-corrected chi connectivity index (χ1v) is 8.01. The van der Waals surface area contributed by atoms with Crippen LogP contribution in [0.25, 0.3) is 0 Å². The zero-order valence-corrected chi connectivity index (χ0v) is 12.1. The summed E-state index contributed by atoms with van der Waals surface area (Å²) in [7, 11) is 0. The van der Waals surface area contributed by atoms with Crippen LogP contribution >= 0.6 is 0 Å². The van der Waals surface area contributed by atoms with Crippen molar-refractivity contribution in [1.29, 1.82) is 0 Å². The van der Waals surface area contributed by atoms with Gasteiger partial charge in [-0.15, -0.1) is 0 Å². The van der Waals surface area contributed by atoms with Crippen molar-refractivity contribution < 1.29 is 4.39 Å². The fourth-order valence-electron chi connectivity index (χ4n) is 4.24. The van der Waals surface area contributed by atoms with Crippen molar-refractivity contribution >= 4 is 0 Å². The van der Waals surface area contributed by atoms with E-state index in [-0.39, 0.29) is 11.9 Å². The van der Waals surface area contributed by atoms with E-state index in [1.54, 1.807) is 12.1 Å². The van der Waals surface area contributed by atoms with Gasteiger partial charge in [0.15, 0.2) is 0 Å². The number of benzene rings is 1. The second-order valence-corrected chi connectivity index (χ2v) is 6.26. The lowest BCUT2D eigenvalue weighted by atomic mass is 9.94. The molecule has 2 N–H and O–H groups in total. The Labute approximate surface area is 121 Å². The summed E-state index contributed by atoms with van der Waals surface area (Å²) in [5, 5.41) is 0. The largest absolute Gasteiger partial charge is 0.329 e. The zero-order chi connectivity index (χ0) is 13.9. The highest BCUT2D eigenvalue weighted by molar-refractivity contribution is 5.22. The topological polar surface area (TPSA) is 29.3 Å². The molecule has 0 bridgehead atoms. The van der Waals surface area contributed by atoms with Gasteiger partial charge in [0.2, 0.25) is 0 Å². The van der Waals surface area contributed by atoms with Gasteiger partial charge in [-0.25, -0.2) is 4.39 Å². The molecule has 1 saturated carbocycles. The van der Waals surface area contributed by atoms with E-state index in [1.165, 1.54) is 38.5 Å². The predicted molar refractivity (Wildman–Crippen MR) is 79.9 cm³/mol. The summed E-state index contributed by atoms with van der Waals surface area (Å²) in [4.78, 5) is 2.49. The lowest BCUT2D eigenvalue weighted by Crippen LogP contribution is -2.41. The Morgan fingerprint density at radius 2 is 1.90 bits per heavy atom. The van der Waals surface area contributed by atoms with Crippen LogP contribution in [0, 0.1) is 11.7 Å². The number of halogens is 1. The standard InChI is InChI=1S/C17H25FN2/c18-15-9-4-3-8-14(15)17(12-19)20-11-5-10-16(20)13-6-1-2-7-13/h3-4,8-9,13,16-17H,1-2,5-7,10-12,19H2. The van der Waals surface area contributed by atoms with Crippen LogP contribution in [0.2, 0.25) is 0 Å². The van der Waals surface area contributed by atoms with E-state index in [2.05, 4.69) is 4.90 Å². The number of likely N-dealkylation sites (tertiary alicyclic amines) is 1. The molecule has 110 valence electrons. The SMILES string of the molecule is NCC(c1ccccc1F)N1CCCC1C1CCCC1. The van der Waals surface area contributed by atoms with Gasteiger partial charge < -0.3 is 5.73 Å². The van der Waals surface area contributed by atoms with Gasteiger partial charge in [0.25, 0.3) is 0 Å². The van der Waals surface area contributed by atoms with E-state index in [9.17, 15) is 4.39 Å². The average molecular weight is 276 g/mol. The number of rotatable bonds is 4. The molecular formula is C17H25FN2. The van der Waals surface area contributed by atoms with Gasteiger partial charge in [-0.2, -0.15) is 0 Å². The van der Waals surface area contributed by atoms with Crippen molar-refractivity contribution in [3.8, 4) is 0 Å². The average Bonchev–Trinajstić information content (AvgIpc) is 3.11. The van der Waals surface area contributed by atoms with Crippen molar-refractivity contribution in [3.05, 3.63) is 35.6 Å². The molecule has 1 aromatic rings. The molecule has 2 fully saturated rings. The molecule has 2 nitrogen and oxygen atoms in total. The highest BCUT2D eigenvalue weighted by atomic mass is 19.1. The lowest BCUT2D eigenvalue weighted by molar-refractivity contribution is 0.136. The van der Waals surface area contributed by atoms with Crippen LogP contribution in [-0.2, 0) is 0 Å². The molecule has 2 atom stereocenters. The third-order valence-electron chi connectivity index (χ3n) is 5.17. The Hall–Kier alpha value is -0.930. The molecule has 0 radical (unpaired) electrons. The van der Waals surface area contributed by atoms with Crippen LogP contribution in [0.5, 0.6) is 0 Å². The lowest BCUT2D eigenvalue weighted by Gasteiger charge is -2.36. The van der Waals surface area contributed by atoms with Crippen molar-refractivity contribution in [3.63, 3.8) is 0 Å². The minimum atomic E-state index is -0.111. The van der Waals surface area contributed by atoms with E-state index in [4.69, 9.17) is 5.73 Å². The Bertz CT molecular complexity index is 442. The molecule has 1 heterocycles.